The fourth-order valence-electron chi connectivity index (χ4n) is 3.07. The normalized spacial score (nSPS) is 11.0. The second-order valence-corrected chi connectivity index (χ2v) is 6.49. The molecule has 9 heteroatoms. The van der Waals surface area contributed by atoms with E-state index < -0.39 is 11.2 Å². The van der Waals surface area contributed by atoms with Crippen molar-refractivity contribution < 1.29 is 9.53 Å². The molecule has 0 saturated carbocycles. The number of aromatic nitrogens is 4. The highest BCUT2D eigenvalue weighted by Gasteiger charge is 2.19. The maximum absolute atomic E-state index is 12.6. The summed E-state index contributed by atoms with van der Waals surface area (Å²) >= 11 is 0. The Morgan fingerprint density at radius 2 is 1.86 bits per heavy atom. The molecular weight excluding hydrogens is 362 g/mol. The summed E-state index contributed by atoms with van der Waals surface area (Å²) in [7, 11) is 4.43. The van der Waals surface area contributed by atoms with Gasteiger partial charge in [0.05, 0.1) is 7.11 Å². The van der Waals surface area contributed by atoms with Gasteiger partial charge < -0.3 is 10.1 Å². The number of ether oxygens (including phenoxy) is 1. The summed E-state index contributed by atoms with van der Waals surface area (Å²) in [6.07, 6.45) is 0.788. The molecule has 0 atom stereocenters. The molecule has 0 radical (unpaired) electrons. The minimum atomic E-state index is -0.454. The van der Waals surface area contributed by atoms with E-state index in [4.69, 9.17) is 4.74 Å². The van der Waals surface area contributed by atoms with Crippen LogP contribution in [0.5, 0.6) is 6.01 Å². The number of carbonyl (C=O) groups excluding carboxylic acids is 1. The number of carbonyl (C=O) groups is 1. The highest BCUT2D eigenvalue weighted by Crippen LogP contribution is 2.18. The lowest BCUT2D eigenvalue weighted by atomic mass is 10.2. The van der Waals surface area contributed by atoms with Crippen LogP contribution in [0.1, 0.15) is 18.4 Å². The lowest BCUT2D eigenvalue weighted by molar-refractivity contribution is -0.121. The zero-order chi connectivity index (χ0) is 20.3. The molecule has 0 aliphatic carbocycles. The van der Waals surface area contributed by atoms with Gasteiger partial charge in [0.25, 0.3) is 11.6 Å². The first-order valence-corrected chi connectivity index (χ1v) is 8.95. The minimum Gasteiger partial charge on any atom is -0.468 e. The number of hydrogen-bond donors (Lipinski definition) is 1. The first kappa shape index (κ1) is 19.4. The molecular formula is C19H23N5O4. The van der Waals surface area contributed by atoms with Gasteiger partial charge in [-0.05, 0) is 12.0 Å². The zero-order valence-corrected chi connectivity index (χ0v) is 16.1. The van der Waals surface area contributed by atoms with Crippen molar-refractivity contribution in [2.75, 3.05) is 7.11 Å². The summed E-state index contributed by atoms with van der Waals surface area (Å²) in [5.74, 6) is -0.0763. The molecule has 0 aliphatic rings. The molecule has 1 N–H and O–H groups in total. The van der Waals surface area contributed by atoms with Crippen molar-refractivity contribution in [3.63, 3.8) is 0 Å². The molecule has 0 bridgehead atoms. The van der Waals surface area contributed by atoms with E-state index in [1.54, 1.807) is 11.6 Å². The van der Waals surface area contributed by atoms with Crippen molar-refractivity contribution >= 4 is 17.1 Å². The lowest BCUT2D eigenvalue weighted by Crippen LogP contribution is -2.37. The van der Waals surface area contributed by atoms with Gasteiger partial charge in [0, 0.05) is 33.6 Å². The smallest absolute Gasteiger partial charge is 0.332 e. The molecule has 2 heterocycles. The minimum absolute atomic E-state index is 0.0763. The van der Waals surface area contributed by atoms with Gasteiger partial charge in [0.15, 0.2) is 11.2 Å². The van der Waals surface area contributed by atoms with Gasteiger partial charge in [-0.1, -0.05) is 30.3 Å². The fourth-order valence-corrected chi connectivity index (χ4v) is 3.07. The van der Waals surface area contributed by atoms with Crippen molar-refractivity contribution in [1.29, 1.82) is 0 Å². The molecule has 0 unspecified atom stereocenters. The Balaban J connectivity index is 1.73. The van der Waals surface area contributed by atoms with Crippen LogP contribution in [0, 0.1) is 0 Å². The molecule has 3 aromatic rings. The van der Waals surface area contributed by atoms with Gasteiger partial charge >= 0.3 is 5.69 Å². The molecule has 3 rings (SSSR count). The van der Waals surface area contributed by atoms with Crippen LogP contribution in [0.4, 0.5) is 0 Å². The van der Waals surface area contributed by atoms with Crippen molar-refractivity contribution in [2.24, 2.45) is 14.1 Å². The number of aryl methyl sites for hydroxylation is 2. The van der Waals surface area contributed by atoms with Crippen LogP contribution in [0.3, 0.4) is 0 Å². The standard InChI is InChI=1S/C19H23N5O4/c1-22-16-15(17(26)23(2)19(22)27)24(18(21-16)28-3)11-7-10-14(25)20-12-13-8-5-4-6-9-13/h4-6,8-9H,7,10-12H2,1-3H3,(H,20,25). The van der Waals surface area contributed by atoms with Crippen molar-refractivity contribution in [1.82, 2.24) is 24.0 Å². The van der Waals surface area contributed by atoms with E-state index in [2.05, 4.69) is 10.3 Å². The molecule has 1 aromatic carbocycles. The number of benzene rings is 1. The van der Waals surface area contributed by atoms with Crippen molar-refractivity contribution in [3.05, 3.63) is 56.7 Å². The first-order valence-electron chi connectivity index (χ1n) is 8.95. The molecule has 0 fully saturated rings. The maximum atomic E-state index is 12.6. The van der Waals surface area contributed by atoms with E-state index in [1.807, 2.05) is 30.3 Å². The monoisotopic (exact) mass is 385 g/mol. The van der Waals surface area contributed by atoms with Crippen LogP contribution in [-0.2, 0) is 32.0 Å². The Bertz CT molecular complexity index is 1110. The highest BCUT2D eigenvalue weighted by molar-refractivity contribution is 5.76. The summed E-state index contributed by atoms with van der Waals surface area (Å²) in [4.78, 5) is 41.0. The zero-order valence-electron chi connectivity index (χ0n) is 16.1. The summed E-state index contributed by atoms with van der Waals surface area (Å²) in [5.41, 5.74) is 0.680. The number of amides is 1. The maximum Gasteiger partial charge on any atom is 0.332 e. The number of nitrogens with zero attached hydrogens (tertiary/aromatic N) is 4. The van der Waals surface area contributed by atoms with Crippen LogP contribution in [0.2, 0.25) is 0 Å². The summed E-state index contributed by atoms with van der Waals surface area (Å²) in [6.45, 7) is 0.839. The number of rotatable bonds is 7. The Morgan fingerprint density at radius 3 is 2.54 bits per heavy atom. The van der Waals surface area contributed by atoms with Gasteiger partial charge in [-0.3, -0.25) is 23.3 Å². The van der Waals surface area contributed by atoms with E-state index in [9.17, 15) is 14.4 Å². The van der Waals surface area contributed by atoms with E-state index in [0.29, 0.717) is 25.9 Å². The number of hydrogen-bond acceptors (Lipinski definition) is 5. The largest absolute Gasteiger partial charge is 0.468 e. The average Bonchev–Trinajstić information content (AvgIpc) is 3.08. The van der Waals surface area contributed by atoms with Crippen LogP contribution < -0.4 is 21.3 Å². The van der Waals surface area contributed by atoms with Crippen molar-refractivity contribution in [2.45, 2.75) is 25.9 Å². The quantitative estimate of drug-likeness (QED) is 0.640. The second kappa shape index (κ2) is 8.12. The van der Waals surface area contributed by atoms with Crippen LogP contribution in [0.15, 0.2) is 39.9 Å². The predicted molar refractivity (Wildman–Crippen MR) is 104 cm³/mol. The van der Waals surface area contributed by atoms with Crippen LogP contribution in [0.25, 0.3) is 11.2 Å². The Labute approximate surface area is 161 Å². The van der Waals surface area contributed by atoms with Gasteiger partial charge in [-0.2, -0.15) is 4.98 Å². The van der Waals surface area contributed by atoms with Crippen molar-refractivity contribution in [3.8, 4) is 6.01 Å². The fraction of sp³-hybridized carbons (Fsp3) is 0.368. The third-order valence-corrected chi connectivity index (χ3v) is 4.61. The summed E-state index contributed by atoms with van der Waals surface area (Å²) in [6, 6.07) is 9.90. The molecule has 148 valence electrons. The Morgan fingerprint density at radius 1 is 1.14 bits per heavy atom. The Kier molecular flexibility index (Phi) is 5.62. The van der Waals surface area contributed by atoms with Gasteiger partial charge in [0.1, 0.15) is 0 Å². The number of imidazole rings is 1. The summed E-state index contributed by atoms with van der Waals surface area (Å²) < 4.78 is 9.23. The van der Waals surface area contributed by atoms with Gasteiger partial charge in [-0.15, -0.1) is 0 Å². The van der Waals surface area contributed by atoms with E-state index in [0.717, 1.165) is 10.1 Å². The first-order chi connectivity index (χ1) is 13.4. The number of methoxy groups -OCH3 is 1. The third-order valence-electron chi connectivity index (χ3n) is 4.61. The van der Waals surface area contributed by atoms with Gasteiger partial charge in [-0.25, -0.2) is 4.79 Å². The van der Waals surface area contributed by atoms with E-state index >= 15 is 0 Å². The van der Waals surface area contributed by atoms with E-state index in [1.165, 1.54) is 18.7 Å². The molecule has 0 aliphatic heterocycles. The molecule has 9 nitrogen and oxygen atoms in total. The molecule has 28 heavy (non-hydrogen) atoms. The predicted octanol–water partition coefficient (Wildman–Crippen LogP) is 0.539. The SMILES string of the molecule is COc1nc2c(c(=O)n(C)c(=O)n2C)n1CCCC(=O)NCc1ccccc1. The second-order valence-electron chi connectivity index (χ2n) is 6.49. The average molecular weight is 385 g/mol. The molecule has 1 amide bonds. The lowest BCUT2D eigenvalue weighted by Gasteiger charge is -2.09. The number of nitrogens with one attached hydrogen (secondary N) is 1. The van der Waals surface area contributed by atoms with Crippen LogP contribution in [-0.4, -0.2) is 31.7 Å². The number of fused-ring (bicyclic) bond motifs is 1. The topological polar surface area (TPSA) is 100 Å². The molecule has 0 spiro atoms. The third kappa shape index (κ3) is 3.68. The van der Waals surface area contributed by atoms with Gasteiger partial charge in [0.2, 0.25) is 5.91 Å². The summed E-state index contributed by atoms with van der Waals surface area (Å²) in [5, 5.41) is 2.88. The Hall–Kier alpha value is -3.36. The van der Waals surface area contributed by atoms with E-state index in [-0.39, 0.29) is 23.1 Å². The molecule has 0 saturated heterocycles. The highest BCUT2D eigenvalue weighted by atomic mass is 16.5. The van der Waals surface area contributed by atoms with Crippen LogP contribution >= 0.6 is 0 Å². The molecule has 2 aromatic heterocycles.